The Hall–Kier alpha value is -0.640. The molecule has 0 amide bonds. The first-order valence-electron chi connectivity index (χ1n) is 7.91. The minimum atomic E-state index is -0.267. The topological polar surface area (TPSA) is 15.3 Å². The molecule has 116 valence electrons. The van der Waals surface area contributed by atoms with E-state index >= 15 is 0 Å². The maximum absolute atomic E-state index is 13.2. The van der Waals surface area contributed by atoms with E-state index < -0.39 is 0 Å². The first kappa shape index (κ1) is 15.3. The Bertz CT molecular complexity index is 518. The predicted octanol–water partition coefficient (Wildman–Crippen LogP) is 3.83. The monoisotopic (exact) mass is 310 g/mol. The van der Waals surface area contributed by atoms with Crippen LogP contribution in [0.1, 0.15) is 38.7 Å². The van der Waals surface area contributed by atoms with E-state index in [1.807, 2.05) is 6.07 Å². The summed E-state index contributed by atoms with van der Waals surface area (Å²) in [5, 5.41) is 4.29. The molecule has 0 radical (unpaired) electrons. The van der Waals surface area contributed by atoms with Crippen LogP contribution in [-0.2, 0) is 6.54 Å². The van der Waals surface area contributed by atoms with Crippen molar-refractivity contribution in [1.29, 1.82) is 0 Å². The van der Waals surface area contributed by atoms with E-state index in [2.05, 4.69) is 24.1 Å². The van der Waals surface area contributed by atoms with Gasteiger partial charge in [0.15, 0.2) is 0 Å². The smallest absolute Gasteiger partial charge is 0.124 e. The van der Waals surface area contributed by atoms with Crippen LogP contribution in [0.2, 0.25) is 5.02 Å². The predicted molar refractivity (Wildman–Crippen MR) is 85.0 cm³/mol. The summed E-state index contributed by atoms with van der Waals surface area (Å²) in [5.41, 5.74) is 1.22. The molecule has 4 heteroatoms. The molecular formula is C17H24ClFN2. The van der Waals surface area contributed by atoms with E-state index in [9.17, 15) is 4.39 Å². The van der Waals surface area contributed by atoms with Crippen molar-refractivity contribution in [2.24, 2.45) is 5.92 Å². The summed E-state index contributed by atoms with van der Waals surface area (Å²) in [6.45, 7) is 7.53. The summed E-state index contributed by atoms with van der Waals surface area (Å²) in [6, 6.07) is 5.25. The first-order chi connectivity index (χ1) is 9.98. The molecule has 1 saturated heterocycles. The van der Waals surface area contributed by atoms with Gasteiger partial charge in [-0.3, -0.25) is 4.90 Å². The molecule has 1 aromatic carbocycles. The zero-order valence-electron chi connectivity index (χ0n) is 12.8. The highest BCUT2D eigenvalue weighted by Gasteiger charge is 2.43. The van der Waals surface area contributed by atoms with Gasteiger partial charge in [0.2, 0.25) is 0 Å². The standard InChI is InChI=1S/C17H24ClFN2/c1-12-7-8-20-17(2,14-4-5-14)11-21(12)10-13-3-6-15(19)9-16(13)18/h3,6,9,12,14,20H,4-5,7-8,10-11H2,1-2H3. The van der Waals surface area contributed by atoms with Crippen LogP contribution in [0.3, 0.4) is 0 Å². The Morgan fingerprint density at radius 2 is 2.14 bits per heavy atom. The Kier molecular flexibility index (Phi) is 4.26. The van der Waals surface area contributed by atoms with Crippen LogP contribution in [0.15, 0.2) is 18.2 Å². The van der Waals surface area contributed by atoms with Crippen molar-refractivity contribution in [2.75, 3.05) is 13.1 Å². The van der Waals surface area contributed by atoms with Crippen molar-refractivity contribution in [2.45, 2.75) is 51.2 Å². The lowest BCUT2D eigenvalue weighted by Gasteiger charge is -2.36. The lowest BCUT2D eigenvalue weighted by atomic mass is 9.95. The van der Waals surface area contributed by atoms with Crippen LogP contribution < -0.4 is 5.32 Å². The van der Waals surface area contributed by atoms with Crippen molar-refractivity contribution in [3.05, 3.63) is 34.6 Å². The van der Waals surface area contributed by atoms with E-state index in [1.54, 1.807) is 0 Å². The van der Waals surface area contributed by atoms with Crippen molar-refractivity contribution in [3.63, 3.8) is 0 Å². The Balaban J connectivity index is 1.77. The second kappa shape index (κ2) is 5.86. The fourth-order valence-electron chi connectivity index (χ4n) is 3.46. The number of rotatable bonds is 3. The van der Waals surface area contributed by atoms with E-state index in [0.717, 1.165) is 37.5 Å². The number of halogens is 2. The summed E-state index contributed by atoms with van der Waals surface area (Å²) in [7, 11) is 0. The molecule has 2 unspecified atom stereocenters. The molecule has 0 bridgehead atoms. The minimum Gasteiger partial charge on any atom is -0.310 e. The fraction of sp³-hybridized carbons (Fsp3) is 0.647. The van der Waals surface area contributed by atoms with Gasteiger partial charge in [0.25, 0.3) is 0 Å². The third kappa shape index (κ3) is 3.41. The van der Waals surface area contributed by atoms with Crippen molar-refractivity contribution >= 4 is 11.6 Å². The highest BCUT2D eigenvalue weighted by Crippen LogP contribution is 2.41. The van der Waals surface area contributed by atoms with Gasteiger partial charge < -0.3 is 5.32 Å². The normalized spacial score (nSPS) is 31.1. The van der Waals surface area contributed by atoms with Crippen LogP contribution in [0.25, 0.3) is 0 Å². The highest BCUT2D eigenvalue weighted by atomic mass is 35.5. The second-order valence-electron chi connectivity index (χ2n) is 6.90. The molecule has 1 aliphatic heterocycles. The number of nitrogens with zero attached hydrogens (tertiary/aromatic N) is 1. The third-order valence-corrected chi connectivity index (χ3v) is 5.46. The fourth-order valence-corrected chi connectivity index (χ4v) is 3.68. The molecule has 1 aromatic rings. The second-order valence-corrected chi connectivity index (χ2v) is 7.30. The molecule has 1 saturated carbocycles. The van der Waals surface area contributed by atoms with E-state index in [-0.39, 0.29) is 11.4 Å². The lowest BCUT2D eigenvalue weighted by Crippen LogP contribution is -2.51. The summed E-state index contributed by atoms with van der Waals surface area (Å²) >= 11 is 6.20. The third-order valence-electron chi connectivity index (χ3n) is 5.11. The van der Waals surface area contributed by atoms with Gasteiger partial charge in [0.1, 0.15) is 5.82 Å². The van der Waals surface area contributed by atoms with Gasteiger partial charge >= 0.3 is 0 Å². The SMILES string of the molecule is CC1CCNC(C)(C2CC2)CN1Cc1ccc(F)cc1Cl. The quantitative estimate of drug-likeness (QED) is 0.912. The largest absolute Gasteiger partial charge is 0.310 e. The average Bonchev–Trinajstić information content (AvgIpc) is 3.24. The van der Waals surface area contributed by atoms with Crippen LogP contribution in [0, 0.1) is 11.7 Å². The zero-order valence-corrected chi connectivity index (χ0v) is 13.6. The minimum absolute atomic E-state index is 0.206. The number of hydrogen-bond acceptors (Lipinski definition) is 2. The van der Waals surface area contributed by atoms with Crippen molar-refractivity contribution < 1.29 is 4.39 Å². The molecule has 1 heterocycles. The highest BCUT2D eigenvalue weighted by molar-refractivity contribution is 6.31. The molecule has 3 rings (SSSR count). The lowest BCUT2D eigenvalue weighted by molar-refractivity contribution is 0.155. The van der Waals surface area contributed by atoms with Crippen LogP contribution >= 0.6 is 11.6 Å². The summed E-state index contributed by atoms with van der Waals surface area (Å²) in [6.07, 6.45) is 3.81. The van der Waals surface area contributed by atoms with Gasteiger partial charge in [-0.2, -0.15) is 0 Å². The molecule has 21 heavy (non-hydrogen) atoms. The summed E-state index contributed by atoms with van der Waals surface area (Å²) < 4.78 is 13.2. The van der Waals surface area contributed by atoms with Gasteiger partial charge in [-0.05, 0) is 63.3 Å². The van der Waals surface area contributed by atoms with E-state index in [1.165, 1.54) is 25.0 Å². The molecule has 2 fully saturated rings. The van der Waals surface area contributed by atoms with Crippen LogP contribution in [0.4, 0.5) is 4.39 Å². The molecule has 2 atom stereocenters. The molecule has 0 spiro atoms. The molecule has 2 aliphatic rings. The van der Waals surface area contributed by atoms with Crippen molar-refractivity contribution in [3.8, 4) is 0 Å². The van der Waals surface area contributed by atoms with Gasteiger partial charge in [-0.1, -0.05) is 17.7 Å². The Labute approximate surface area is 131 Å². The van der Waals surface area contributed by atoms with Gasteiger partial charge in [-0.25, -0.2) is 4.39 Å². The number of benzene rings is 1. The Morgan fingerprint density at radius 3 is 2.81 bits per heavy atom. The molecule has 2 nitrogen and oxygen atoms in total. The molecule has 0 aromatic heterocycles. The zero-order chi connectivity index (χ0) is 15.0. The number of nitrogens with one attached hydrogen (secondary N) is 1. The van der Waals surface area contributed by atoms with Crippen LogP contribution in [0.5, 0.6) is 0 Å². The molecule has 1 N–H and O–H groups in total. The number of hydrogen-bond donors (Lipinski definition) is 1. The van der Waals surface area contributed by atoms with E-state index in [4.69, 9.17) is 11.6 Å². The van der Waals surface area contributed by atoms with Gasteiger partial charge in [-0.15, -0.1) is 0 Å². The van der Waals surface area contributed by atoms with Crippen molar-refractivity contribution in [1.82, 2.24) is 10.2 Å². The van der Waals surface area contributed by atoms with Crippen LogP contribution in [-0.4, -0.2) is 29.6 Å². The molecule has 1 aliphatic carbocycles. The first-order valence-corrected chi connectivity index (χ1v) is 8.29. The van der Waals surface area contributed by atoms with Gasteiger partial charge in [0.05, 0.1) is 0 Å². The summed E-state index contributed by atoms with van der Waals surface area (Å²) in [5.74, 6) is 0.533. The maximum atomic E-state index is 13.2. The van der Waals surface area contributed by atoms with Gasteiger partial charge in [0, 0.05) is 29.7 Å². The Morgan fingerprint density at radius 1 is 1.38 bits per heavy atom. The van der Waals surface area contributed by atoms with E-state index in [0.29, 0.717) is 11.1 Å². The maximum Gasteiger partial charge on any atom is 0.124 e. The summed E-state index contributed by atoms with van der Waals surface area (Å²) in [4.78, 5) is 2.50. The molecular weight excluding hydrogens is 287 g/mol. The average molecular weight is 311 g/mol.